The molecule has 0 aromatic carbocycles. The van der Waals surface area contributed by atoms with Crippen molar-refractivity contribution in [3.8, 4) is 0 Å². The van der Waals surface area contributed by atoms with Gasteiger partial charge >= 0.3 is 0 Å². The van der Waals surface area contributed by atoms with Crippen molar-refractivity contribution in [2.24, 2.45) is 0 Å². The van der Waals surface area contributed by atoms with Gasteiger partial charge in [0.05, 0.1) is 11.9 Å². The maximum atomic E-state index is 4.17. The second-order valence-corrected chi connectivity index (χ2v) is 3.10. The highest BCUT2D eigenvalue weighted by Gasteiger charge is 2.01. The Balaban J connectivity index is 2.94. The Hall–Kier alpha value is -0.900. The van der Waals surface area contributed by atoms with E-state index in [1.165, 1.54) is 0 Å². The molecule has 2 aromatic heterocycles. The third kappa shape index (κ3) is 0.939. The van der Waals surface area contributed by atoms with Crippen molar-refractivity contribution in [3.63, 3.8) is 0 Å². The molecule has 2 heterocycles. The molecule has 0 spiro atoms. The van der Waals surface area contributed by atoms with Crippen molar-refractivity contribution in [2.45, 2.75) is 6.92 Å². The number of hydrogen-bond donors (Lipinski definition) is 0. The van der Waals surface area contributed by atoms with E-state index >= 15 is 0 Å². The van der Waals surface area contributed by atoms with Crippen LogP contribution in [0.3, 0.4) is 0 Å². The molecule has 4 heteroatoms. The van der Waals surface area contributed by atoms with Gasteiger partial charge in [0.15, 0.2) is 5.65 Å². The molecule has 2 aromatic rings. The second kappa shape index (κ2) is 2.30. The van der Waals surface area contributed by atoms with Crippen molar-refractivity contribution in [1.29, 1.82) is 0 Å². The summed E-state index contributed by atoms with van der Waals surface area (Å²) in [5.74, 6) is 0. The summed E-state index contributed by atoms with van der Waals surface area (Å²) >= 11 is 3.37. The van der Waals surface area contributed by atoms with Gasteiger partial charge in [0, 0.05) is 12.4 Å². The average Bonchev–Trinajstić information content (AvgIpc) is 2.35. The van der Waals surface area contributed by atoms with Crippen molar-refractivity contribution >= 4 is 21.6 Å². The molecule has 0 radical (unpaired) electrons. The first-order valence-corrected chi connectivity index (χ1v) is 4.02. The number of nitrogens with zero attached hydrogens (tertiary/aromatic N) is 3. The number of hydrogen-bond acceptors (Lipinski definition) is 2. The summed E-state index contributed by atoms with van der Waals surface area (Å²) in [6.45, 7) is 1.94. The van der Waals surface area contributed by atoms with E-state index < -0.39 is 0 Å². The van der Waals surface area contributed by atoms with Crippen LogP contribution in [-0.2, 0) is 0 Å². The van der Waals surface area contributed by atoms with Crippen LogP contribution in [0.15, 0.2) is 23.2 Å². The molecule has 0 N–H and O–H groups in total. The molecule has 0 saturated carbocycles. The number of fused-ring (bicyclic) bond motifs is 1. The molecule has 11 heavy (non-hydrogen) atoms. The first-order chi connectivity index (χ1) is 5.29. The third-order valence-corrected chi connectivity index (χ3v) is 2.15. The quantitative estimate of drug-likeness (QED) is 0.666. The van der Waals surface area contributed by atoms with E-state index in [9.17, 15) is 0 Å². The molecule has 0 aliphatic rings. The lowest BCUT2D eigenvalue weighted by Gasteiger charge is -1.95. The topological polar surface area (TPSA) is 30.2 Å². The molecule has 2 rings (SSSR count). The molecular weight excluding hydrogens is 206 g/mol. The van der Waals surface area contributed by atoms with Crippen LogP contribution >= 0.6 is 15.9 Å². The Morgan fingerprint density at radius 2 is 2.27 bits per heavy atom. The summed E-state index contributed by atoms with van der Waals surface area (Å²) in [5, 5.41) is 0. The molecule has 0 unspecified atom stereocenters. The minimum Gasteiger partial charge on any atom is -0.291 e. The zero-order valence-corrected chi connectivity index (χ0v) is 7.54. The van der Waals surface area contributed by atoms with E-state index in [4.69, 9.17) is 0 Å². The summed E-state index contributed by atoms with van der Waals surface area (Å²) in [7, 11) is 0. The summed E-state index contributed by atoms with van der Waals surface area (Å²) in [6, 6.07) is 0. The monoisotopic (exact) mass is 211 g/mol. The van der Waals surface area contributed by atoms with Crippen LogP contribution in [0, 0.1) is 6.92 Å². The van der Waals surface area contributed by atoms with Gasteiger partial charge in [0.2, 0.25) is 0 Å². The zero-order valence-electron chi connectivity index (χ0n) is 5.95. The van der Waals surface area contributed by atoms with Gasteiger partial charge < -0.3 is 0 Å². The highest BCUT2D eigenvalue weighted by atomic mass is 79.9. The van der Waals surface area contributed by atoms with Gasteiger partial charge in [-0.25, -0.2) is 4.98 Å². The fourth-order valence-electron chi connectivity index (χ4n) is 1.02. The Morgan fingerprint density at radius 1 is 1.45 bits per heavy atom. The molecule has 56 valence electrons. The highest BCUT2D eigenvalue weighted by molar-refractivity contribution is 9.10. The van der Waals surface area contributed by atoms with Gasteiger partial charge in [-0.2, -0.15) is 0 Å². The van der Waals surface area contributed by atoms with E-state index in [0.717, 1.165) is 15.9 Å². The van der Waals surface area contributed by atoms with Crippen LogP contribution in [0.25, 0.3) is 5.65 Å². The molecule has 0 amide bonds. The van der Waals surface area contributed by atoms with Gasteiger partial charge in [0.25, 0.3) is 0 Å². The molecule has 3 nitrogen and oxygen atoms in total. The largest absolute Gasteiger partial charge is 0.291 e. The normalized spacial score (nSPS) is 10.7. The minimum absolute atomic E-state index is 0.902. The Kier molecular flexibility index (Phi) is 1.42. The Morgan fingerprint density at radius 3 is 3.00 bits per heavy atom. The predicted molar refractivity (Wildman–Crippen MR) is 45.4 cm³/mol. The van der Waals surface area contributed by atoms with Gasteiger partial charge in [0.1, 0.15) is 4.60 Å². The van der Waals surface area contributed by atoms with Crippen LogP contribution in [0.5, 0.6) is 0 Å². The SMILES string of the molecule is Cc1nccn2c(Br)cnc12. The second-order valence-electron chi connectivity index (χ2n) is 2.29. The first kappa shape index (κ1) is 6.79. The number of rotatable bonds is 0. The average molecular weight is 212 g/mol. The predicted octanol–water partition coefficient (Wildman–Crippen LogP) is 1.80. The van der Waals surface area contributed by atoms with Crippen LogP contribution in [0.2, 0.25) is 0 Å². The molecule has 0 atom stereocenters. The highest BCUT2D eigenvalue weighted by Crippen LogP contribution is 2.13. The maximum absolute atomic E-state index is 4.17. The van der Waals surface area contributed by atoms with Crippen molar-refractivity contribution in [1.82, 2.24) is 14.4 Å². The molecule has 0 aliphatic carbocycles. The van der Waals surface area contributed by atoms with Gasteiger partial charge in [-0.15, -0.1) is 0 Å². The van der Waals surface area contributed by atoms with E-state index in [2.05, 4.69) is 25.9 Å². The number of aryl methyl sites for hydroxylation is 1. The molecular formula is C7H6BrN3. The molecule has 0 fully saturated rings. The molecule has 0 aliphatic heterocycles. The summed E-state index contributed by atoms with van der Waals surface area (Å²) in [5.41, 5.74) is 1.84. The lowest BCUT2D eigenvalue weighted by atomic mass is 10.5. The third-order valence-electron chi connectivity index (χ3n) is 1.56. The number of imidazole rings is 1. The summed E-state index contributed by atoms with van der Waals surface area (Å²) < 4.78 is 2.90. The lowest BCUT2D eigenvalue weighted by Crippen LogP contribution is -1.89. The van der Waals surface area contributed by atoms with Crippen LogP contribution in [-0.4, -0.2) is 14.4 Å². The Labute approximate surface area is 72.2 Å². The Bertz CT molecular complexity index is 393. The van der Waals surface area contributed by atoms with Crippen molar-refractivity contribution in [2.75, 3.05) is 0 Å². The van der Waals surface area contributed by atoms with Gasteiger partial charge in [-0.3, -0.25) is 9.38 Å². The number of halogens is 1. The van der Waals surface area contributed by atoms with Gasteiger partial charge in [-0.05, 0) is 22.9 Å². The smallest absolute Gasteiger partial charge is 0.159 e. The summed E-state index contributed by atoms with van der Waals surface area (Å²) in [6.07, 6.45) is 5.40. The van der Waals surface area contributed by atoms with E-state index in [0.29, 0.717) is 0 Å². The maximum Gasteiger partial charge on any atom is 0.159 e. The van der Waals surface area contributed by atoms with E-state index in [1.807, 2.05) is 17.5 Å². The lowest BCUT2D eigenvalue weighted by molar-refractivity contribution is 1.06. The van der Waals surface area contributed by atoms with Crippen LogP contribution in [0.1, 0.15) is 5.69 Å². The summed E-state index contributed by atoms with van der Waals surface area (Å²) in [4.78, 5) is 8.29. The fraction of sp³-hybridized carbons (Fsp3) is 0.143. The van der Waals surface area contributed by atoms with E-state index in [-0.39, 0.29) is 0 Å². The van der Waals surface area contributed by atoms with Crippen LogP contribution < -0.4 is 0 Å². The van der Waals surface area contributed by atoms with Crippen molar-refractivity contribution in [3.05, 3.63) is 28.9 Å². The molecule has 0 bridgehead atoms. The van der Waals surface area contributed by atoms with Crippen molar-refractivity contribution < 1.29 is 0 Å². The van der Waals surface area contributed by atoms with E-state index in [1.54, 1.807) is 12.4 Å². The molecule has 0 saturated heterocycles. The number of aromatic nitrogens is 3. The van der Waals surface area contributed by atoms with Crippen LogP contribution in [0.4, 0.5) is 0 Å². The minimum atomic E-state index is 0.902. The van der Waals surface area contributed by atoms with Gasteiger partial charge in [-0.1, -0.05) is 0 Å². The zero-order chi connectivity index (χ0) is 7.84. The fourth-order valence-corrected chi connectivity index (χ4v) is 1.41. The standard InChI is InChI=1S/C7H6BrN3/c1-5-7-10-4-6(8)11(7)3-2-9-5/h2-4H,1H3. The first-order valence-electron chi connectivity index (χ1n) is 3.23.